The van der Waals surface area contributed by atoms with E-state index in [9.17, 15) is 0 Å². The van der Waals surface area contributed by atoms with Gasteiger partial charge in [-0.2, -0.15) is 0 Å². The minimum Gasteiger partial charge on any atom is -0.0623 e. The summed E-state index contributed by atoms with van der Waals surface area (Å²) in [7, 11) is -2.66. The van der Waals surface area contributed by atoms with Crippen molar-refractivity contribution in [3.63, 3.8) is 0 Å². The molecule has 0 radical (unpaired) electrons. The normalized spacial score (nSPS) is 11.4. The van der Waals surface area contributed by atoms with E-state index in [1.807, 2.05) is 0 Å². The molecular weight excluding hydrogens is 628 g/mol. The Morgan fingerprint density at radius 3 is 1.21 bits per heavy atom. The van der Waals surface area contributed by atoms with E-state index in [1.165, 1.54) is 31.9 Å². The maximum absolute atomic E-state index is 3.65. The van der Waals surface area contributed by atoms with Crippen LogP contribution in [0.2, 0.25) is 0 Å². The third-order valence-corrected chi connectivity index (χ3v) is 12.7. The smallest absolute Gasteiger partial charge is 0.0623 e. The van der Waals surface area contributed by atoms with E-state index in [1.54, 1.807) is 0 Å². The molecule has 0 aliphatic rings. The van der Waals surface area contributed by atoms with Gasteiger partial charge in [-0.15, -0.1) is 0 Å². The molecule has 5 aromatic carbocycles. The fraction of sp³-hybridized carbons (Fsp3) is 0. The van der Waals surface area contributed by atoms with Crippen LogP contribution in [0, 0.1) is 0 Å². The molecule has 0 atom stereocenters. The average molecular weight is 649 g/mol. The van der Waals surface area contributed by atoms with Crippen LogP contribution in [0.3, 0.4) is 0 Å². The Balaban J connectivity index is 1.94. The molecule has 0 aromatic heterocycles. The van der Waals surface area contributed by atoms with Crippen molar-refractivity contribution in [3.8, 4) is 11.1 Å². The van der Waals surface area contributed by atoms with Gasteiger partial charge in [0.1, 0.15) is 0 Å². The molecule has 34 heavy (non-hydrogen) atoms. The van der Waals surface area contributed by atoms with Gasteiger partial charge in [-0.3, -0.25) is 0 Å². The highest BCUT2D eigenvalue weighted by Crippen LogP contribution is 2.23. The highest BCUT2D eigenvalue weighted by Gasteiger charge is 2.43. The fourth-order valence-corrected chi connectivity index (χ4v) is 10.4. The molecule has 4 heteroatoms. The second-order valence-electron chi connectivity index (χ2n) is 8.18. The van der Waals surface area contributed by atoms with Crippen LogP contribution in [-0.4, -0.2) is 8.07 Å². The second kappa shape index (κ2) is 10.2. The molecule has 0 nitrogen and oxygen atoms in total. The predicted molar refractivity (Wildman–Crippen MR) is 159 cm³/mol. The molecule has 0 amide bonds. The van der Waals surface area contributed by atoms with Crippen LogP contribution in [0.1, 0.15) is 0 Å². The zero-order valence-electron chi connectivity index (χ0n) is 18.3. The molecule has 0 heterocycles. The van der Waals surface area contributed by atoms with E-state index in [0.29, 0.717) is 0 Å². The van der Waals surface area contributed by atoms with E-state index < -0.39 is 8.07 Å². The van der Waals surface area contributed by atoms with Gasteiger partial charge in [0.25, 0.3) is 0 Å². The van der Waals surface area contributed by atoms with Crippen molar-refractivity contribution >= 4 is 76.6 Å². The van der Waals surface area contributed by atoms with Gasteiger partial charge in [-0.1, -0.05) is 139 Å². The number of halogens is 3. The average Bonchev–Trinajstić information content (AvgIpc) is 2.88. The zero-order chi connectivity index (χ0) is 23.5. The van der Waals surface area contributed by atoms with Gasteiger partial charge in [0, 0.05) is 13.4 Å². The summed E-state index contributed by atoms with van der Waals surface area (Å²) in [6, 6.07) is 46.4. The van der Waals surface area contributed by atoms with Crippen molar-refractivity contribution in [2.75, 3.05) is 0 Å². The Hall–Kier alpha value is -2.24. The van der Waals surface area contributed by atoms with Crippen LogP contribution >= 0.6 is 47.8 Å². The lowest BCUT2D eigenvalue weighted by atomic mass is 10.1. The zero-order valence-corrected chi connectivity index (χ0v) is 24.0. The molecule has 0 unspecified atom stereocenters. The topological polar surface area (TPSA) is 0 Å². The van der Waals surface area contributed by atoms with Crippen molar-refractivity contribution in [1.82, 2.24) is 0 Å². The monoisotopic (exact) mass is 646 g/mol. The summed E-state index contributed by atoms with van der Waals surface area (Å²) in [5.74, 6) is 0. The second-order valence-corrected chi connectivity index (χ2v) is 14.7. The third-order valence-electron chi connectivity index (χ3n) is 6.25. The summed E-state index contributed by atoms with van der Waals surface area (Å²) < 4.78 is 3.26. The molecular formula is C30H21Br3Si. The van der Waals surface area contributed by atoms with E-state index in [4.69, 9.17) is 0 Å². The lowest BCUT2D eigenvalue weighted by Gasteiger charge is -2.36. The van der Waals surface area contributed by atoms with E-state index in [0.717, 1.165) is 13.4 Å². The van der Waals surface area contributed by atoms with Crippen LogP contribution in [0.4, 0.5) is 0 Å². The fourth-order valence-electron chi connectivity index (χ4n) is 4.75. The van der Waals surface area contributed by atoms with E-state index in [2.05, 4.69) is 175 Å². The lowest BCUT2D eigenvalue weighted by molar-refractivity contribution is 1.60. The van der Waals surface area contributed by atoms with Crippen molar-refractivity contribution in [1.29, 1.82) is 0 Å². The first-order chi connectivity index (χ1) is 16.6. The number of hydrogen-bond donors (Lipinski definition) is 0. The van der Waals surface area contributed by atoms with Crippen molar-refractivity contribution in [2.24, 2.45) is 0 Å². The van der Waals surface area contributed by atoms with Gasteiger partial charge < -0.3 is 0 Å². The molecule has 0 fully saturated rings. The summed E-state index contributed by atoms with van der Waals surface area (Å²) in [6.45, 7) is 0. The predicted octanol–water partition coefficient (Wildman–Crippen LogP) is 7.02. The molecule has 166 valence electrons. The maximum Gasteiger partial charge on any atom is 0.180 e. The highest BCUT2D eigenvalue weighted by atomic mass is 79.9. The van der Waals surface area contributed by atoms with Crippen LogP contribution in [0.25, 0.3) is 11.1 Å². The summed E-state index contributed by atoms with van der Waals surface area (Å²) in [4.78, 5) is 0. The van der Waals surface area contributed by atoms with Gasteiger partial charge in [-0.05, 0) is 68.3 Å². The molecule has 0 spiro atoms. The maximum atomic E-state index is 3.65. The first-order valence-corrected chi connectivity index (χ1v) is 15.4. The van der Waals surface area contributed by atoms with Gasteiger partial charge >= 0.3 is 0 Å². The summed E-state index contributed by atoms with van der Waals surface area (Å²) >= 11 is 11.0. The van der Waals surface area contributed by atoms with E-state index >= 15 is 0 Å². The highest BCUT2D eigenvalue weighted by molar-refractivity contribution is 9.11. The number of benzene rings is 5. The Morgan fingerprint density at radius 1 is 0.382 bits per heavy atom. The van der Waals surface area contributed by atoms with Crippen LogP contribution in [-0.2, 0) is 0 Å². The van der Waals surface area contributed by atoms with Gasteiger partial charge in [0.2, 0.25) is 0 Å². The molecule has 0 aliphatic heterocycles. The van der Waals surface area contributed by atoms with Crippen molar-refractivity contribution in [2.45, 2.75) is 0 Å². The largest absolute Gasteiger partial charge is 0.180 e. The Labute approximate surface area is 227 Å². The first kappa shape index (κ1) is 23.5. The number of rotatable bonds is 5. The summed E-state index contributed by atoms with van der Waals surface area (Å²) in [5, 5.41) is 5.43. The summed E-state index contributed by atoms with van der Waals surface area (Å²) in [5.41, 5.74) is 2.52. The van der Waals surface area contributed by atoms with Crippen LogP contribution < -0.4 is 20.7 Å². The molecule has 0 aliphatic carbocycles. The Bertz CT molecular complexity index is 1280. The third kappa shape index (κ3) is 4.40. The molecule has 5 rings (SSSR count). The number of hydrogen-bond acceptors (Lipinski definition) is 0. The molecule has 0 saturated carbocycles. The van der Waals surface area contributed by atoms with Gasteiger partial charge in [-0.25, -0.2) is 0 Å². The van der Waals surface area contributed by atoms with E-state index in [-0.39, 0.29) is 0 Å². The summed E-state index contributed by atoms with van der Waals surface area (Å²) in [6.07, 6.45) is 0. The quantitative estimate of drug-likeness (QED) is 0.142. The van der Waals surface area contributed by atoms with Crippen LogP contribution in [0.15, 0.2) is 141 Å². The van der Waals surface area contributed by atoms with Crippen molar-refractivity contribution < 1.29 is 0 Å². The molecule has 0 N–H and O–H groups in total. The SMILES string of the molecule is Brc1ccc([Si](c2ccc(Br)cc2)(c2ccc(Br)cc2)c2ccccc2-c2ccccc2)cc1. The van der Waals surface area contributed by atoms with Crippen LogP contribution in [0.5, 0.6) is 0 Å². The molecule has 0 bridgehead atoms. The van der Waals surface area contributed by atoms with Gasteiger partial charge in [0.05, 0.1) is 0 Å². The molecule has 0 saturated heterocycles. The minimum atomic E-state index is -2.66. The lowest BCUT2D eigenvalue weighted by Crippen LogP contribution is -2.75. The molecule has 5 aromatic rings. The Morgan fingerprint density at radius 2 is 0.765 bits per heavy atom. The Kier molecular flexibility index (Phi) is 7.03. The standard InChI is InChI=1S/C30H21Br3Si/c31-23-10-16-26(17-11-23)34(27-18-12-24(32)13-19-27,28-20-14-25(33)15-21-28)30-9-5-4-8-29(30)22-6-2-1-3-7-22/h1-21H. The van der Waals surface area contributed by atoms with Gasteiger partial charge in [0.15, 0.2) is 8.07 Å². The minimum absolute atomic E-state index is 1.09. The van der Waals surface area contributed by atoms with Crippen molar-refractivity contribution in [3.05, 3.63) is 141 Å². The first-order valence-electron chi connectivity index (χ1n) is 11.0.